The van der Waals surface area contributed by atoms with Gasteiger partial charge in [0.1, 0.15) is 0 Å². The molecule has 0 bridgehead atoms. The van der Waals surface area contributed by atoms with Crippen LogP contribution < -0.4 is 14.5 Å². The Kier molecular flexibility index (Phi) is 5.90. The molecule has 31 heavy (non-hydrogen) atoms. The average Bonchev–Trinajstić information content (AvgIpc) is 2.92. The van der Waals surface area contributed by atoms with Crippen LogP contribution >= 0.6 is 11.8 Å². The highest BCUT2D eigenvalue weighted by molar-refractivity contribution is 7.99. The van der Waals surface area contributed by atoms with Gasteiger partial charge in [-0.2, -0.15) is 4.98 Å². The van der Waals surface area contributed by atoms with E-state index >= 15 is 0 Å². The van der Waals surface area contributed by atoms with E-state index in [1.165, 1.54) is 18.7 Å². The molecule has 1 aliphatic heterocycles. The van der Waals surface area contributed by atoms with Gasteiger partial charge in [-0.1, -0.05) is 48.2 Å². The van der Waals surface area contributed by atoms with Gasteiger partial charge in [0.25, 0.3) is 0 Å². The predicted molar refractivity (Wildman–Crippen MR) is 123 cm³/mol. The van der Waals surface area contributed by atoms with E-state index in [-0.39, 0.29) is 5.91 Å². The van der Waals surface area contributed by atoms with Crippen LogP contribution in [0.3, 0.4) is 0 Å². The number of anilines is 2. The normalized spacial score (nSPS) is 14.7. The Balaban J connectivity index is 1.87. The first-order valence-corrected chi connectivity index (χ1v) is 10.8. The molecular formula is C23H23N5O2S. The van der Waals surface area contributed by atoms with E-state index in [4.69, 9.17) is 4.74 Å². The topological polar surface area (TPSA) is 71.5 Å². The highest BCUT2D eigenvalue weighted by Gasteiger charge is 2.34. The summed E-state index contributed by atoms with van der Waals surface area (Å²) >= 11 is 1.42. The van der Waals surface area contributed by atoms with E-state index in [2.05, 4.69) is 21.8 Å². The SMILES string of the molecule is C=CCSc1nnc2c(n1)O[C@@H](c1ccc(N(C)C)cc1)N(C(C)=O)c1ccccc1-2. The van der Waals surface area contributed by atoms with Crippen molar-refractivity contribution in [2.75, 3.05) is 29.6 Å². The van der Waals surface area contributed by atoms with Crippen molar-refractivity contribution in [1.29, 1.82) is 0 Å². The third kappa shape index (κ3) is 4.11. The van der Waals surface area contributed by atoms with Crippen LogP contribution in [0.2, 0.25) is 0 Å². The zero-order valence-corrected chi connectivity index (χ0v) is 18.5. The van der Waals surface area contributed by atoms with E-state index in [0.29, 0.717) is 28.2 Å². The van der Waals surface area contributed by atoms with Crippen LogP contribution in [0.5, 0.6) is 5.88 Å². The van der Waals surface area contributed by atoms with Crippen LogP contribution in [0, 0.1) is 0 Å². The summed E-state index contributed by atoms with van der Waals surface area (Å²) in [5, 5.41) is 9.12. The number of fused-ring (bicyclic) bond motifs is 3. The van der Waals surface area contributed by atoms with Crippen LogP contribution in [0.1, 0.15) is 18.7 Å². The lowest BCUT2D eigenvalue weighted by molar-refractivity contribution is -0.118. The molecule has 0 fully saturated rings. The van der Waals surface area contributed by atoms with Crippen LogP contribution in [0.4, 0.5) is 11.4 Å². The fraction of sp³-hybridized carbons (Fsp3) is 0.217. The molecule has 2 heterocycles. The summed E-state index contributed by atoms with van der Waals surface area (Å²) in [6.45, 7) is 5.26. The maximum absolute atomic E-state index is 12.8. The van der Waals surface area contributed by atoms with Crippen molar-refractivity contribution in [2.24, 2.45) is 0 Å². The predicted octanol–water partition coefficient (Wildman–Crippen LogP) is 4.33. The third-order valence-corrected chi connectivity index (χ3v) is 5.71. The molecule has 158 valence electrons. The van der Waals surface area contributed by atoms with Gasteiger partial charge in [-0.25, -0.2) is 0 Å². The summed E-state index contributed by atoms with van der Waals surface area (Å²) in [4.78, 5) is 21.1. The lowest BCUT2D eigenvalue weighted by atomic mass is 10.1. The Labute approximate surface area is 185 Å². The fourth-order valence-electron chi connectivity index (χ4n) is 3.40. The van der Waals surface area contributed by atoms with Crippen LogP contribution in [0.25, 0.3) is 11.3 Å². The van der Waals surface area contributed by atoms with Gasteiger partial charge in [0.05, 0.1) is 5.69 Å². The average molecular weight is 434 g/mol. The summed E-state index contributed by atoms with van der Waals surface area (Å²) in [5.41, 5.74) is 3.86. The van der Waals surface area contributed by atoms with E-state index < -0.39 is 6.23 Å². The van der Waals surface area contributed by atoms with E-state index in [0.717, 1.165) is 16.8 Å². The number of benzene rings is 2. The van der Waals surface area contributed by atoms with Crippen molar-refractivity contribution in [3.63, 3.8) is 0 Å². The molecule has 1 amide bonds. The third-order valence-electron chi connectivity index (χ3n) is 4.88. The van der Waals surface area contributed by atoms with Crippen LogP contribution in [-0.2, 0) is 4.79 Å². The summed E-state index contributed by atoms with van der Waals surface area (Å²) in [6.07, 6.45) is 1.09. The molecule has 2 aromatic carbocycles. The maximum atomic E-state index is 12.8. The molecule has 3 aromatic rings. The summed E-state index contributed by atoms with van der Waals surface area (Å²) in [6, 6.07) is 15.5. The molecule has 0 saturated heterocycles. The quantitative estimate of drug-likeness (QED) is 0.438. The molecule has 0 saturated carbocycles. The van der Waals surface area contributed by atoms with Crippen molar-refractivity contribution < 1.29 is 9.53 Å². The highest BCUT2D eigenvalue weighted by atomic mass is 32.2. The minimum absolute atomic E-state index is 0.142. The molecule has 7 nitrogen and oxygen atoms in total. The van der Waals surface area contributed by atoms with Gasteiger partial charge in [-0.15, -0.1) is 16.8 Å². The standard InChI is InChI=1S/C23H23N5O2S/c1-5-14-31-23-24-21-20(25-26-23)18-8-6-7-9-19(18)28(15(2)29)22(30-21)16-10-12-17(13-11-16)27(3)4/h5-13,22H,1,14H2,2-4H3/t22-/m0/s1. The molecule has 1 aromatic heterocycles. The number of amides is 1. The van der Waals surface area contributed by atoms with Crippen molar-refractivity contribution in [1.82, 2.24) is 15.2 Å². The minimum atomic E-state index is -0.690. The van der Waals surface area contributed by atoms with Gasteiger partial charge in [-0.3, -0.25) is 9.69 Å². The Hall–Kier alpha value is -3.39. The minimum Gasteiger partial charge on any atom is -0.447 e. The number of hydrogen-bond acceptors (Lipinski definition) is 7. The Morgan fingerprint density at radius 1 is 1.19 bits per heavy atom. The Morgan fingerprint density at radius 2 is 1.94 bits per heavy atom. The van der Waals surface area contributed by atoms with Crippen LogP contribution in [0.15, 0.2) is 66.3 Å². The summed E-state index contributed by atoms with van der Waals surface area (Å²) in [7, 11) is 3.97. The lowest BCUT2D eigenvalue weighted by Crippen LogP contribution is -2.36. The molecular weight excluding hydrogens is 410 g/mol. The smallest absolute Gasteiger partial charge is 0.247 e. The van der Waals surface area contributed by atoms with Crippen LogP contribution in [-0.4, -0.2) is 40.9 Å². The first-order chi connectivity index (χ1) is 15.0. The molecule has 0 unspecified atom stereocenters. The zero-order valence-electron chi connectivity index (χ0n) is 17.6. The van der Waals surface area contributed by atoms with Gasteiger partial charge in [-0.05, 0) is 18.2 Å². The van der Waals surface area contributed by atoms with Crippen molar-refractivity contribution in [2.45, 2.75) is 18.3 Å². The molecule has 1 atom stereocenters. The second kappa shape index (κ2) is 8.77. The second-order valence-corrected chi connectivity index (χ2v) is 8.20. The van der Waals surface area contributed by atoms with Gasteiger partial charge in [0.15, 0.2) is 5.69 Å². The number of para-hydroxylation sites is 1. The highest BCUT2D eigenvalue weighted by Crippen LogP contribution is 2.43. The van der Waals surface area contributed by atoms with Gasteiger partial charge in [0.2, 0.25) is 23.2 Å². The van der Waals surface area contributed by atoms with E-state index in [1.54, 1.807) is 11.0 Å². The maximum Gasteiger partial charge on any atom is 0.247 e. The molecule has 8 heteroatoms. The van der Waals surface area contributed by atoms with Gasteiger partial charge < -0.3 is 9.64 Å². The number of carbonyl (C=O) groups excluding carboxylic acids is 1. The first-order valence-electron chi connectivity index (χ1n) is 9.81. The molecule has 1 aliphatic rings. The summed E-state index contributed by atoms with van der Waals surface area (Å²) in [5.74, 6) is 0.863. The molecule has 4 rings (SSSR count). The van der Waals surface area contributed by atoms with E-state index in [9.17, 15) is 4.79 Å². The second-order valence-electron chi connectivity index (χ2n) is 7.21. The van der Waals surface area contributed by atoms with Gasteiger partial charge in [0, 0.05) is 43.6 Å². The number of aromatic nitrogens is 3. The number of rotatable bonds is 5. The first kappa shape index (κ1) is 20.9. The Morgan fingerprint density at radius 3 is 2.61 bits per heavy atom. The zero-order chi connectivity index (χ0) is 22.0. The van der Waals surface area contributed by atoms with Crippen molar-refractivity contribution in [3.05, 3.63) is 66.7 Å². The number of hydrogen-bond donors (Lipinski definition) is 0. The van der Waals surface area contributed by atoms with Gasteiger partial charge >= 0.3 is 0 Å². The number of thioether (sulfide) groups is 1. The Bertz CT molecular complexity index is 1120. The molecule has 0 aliphatic carbocycles. The molecule has 0 spiro atoms. The fourth-order valence-corrected chi connectivity index (χ4v) is 3.91. The summed E-state index contributed by atoms with van der Waals surface area (Å²) < 4.78 is 6.36. The number of ether oxygens (including phenoxy) is 1. The number of carbonyl (C=O) groups is 1. The molecule has 0 radical (unpaired) electrons. The largest absolute Gasteiger partial charge is 0.447 e. The van der Waals surface area contributed by atoms with Crippen molar-refractivity contribution in [3.8, 4) is 17.1 Å². The monoisotopic (exact) mass is 433 g/mol. The van der Waals surface area contributed by atoms with Crippen molar-refractivity contribution >= 4 is 29.0 Å². The molecule has 0 N–H and O–H groups in total. The number of nitrogens with zero attached hydrogens (tertiary/aromatic N) is 5. The lowest BCUT2D eigenvalue weighted by Gasteiger charge is -2.30. The van der Waals surface area contributed by atoms with E-state index in [1.807, 2.05) is 67.5 Å².